The number of primary amides is 1. The number of amides is 3. The SMILES string of the molecule is COc1cccc2c1NC(=O)C(NC(=O)C(CCC(F)(F)F)CC(N)=O)N=C2c1cccc(F)c1. The lowest BCUT2D eigenvalue weighted by molar-refractivity contribution is -0.143. The Hall–Kier alpha value is -3.96. The fourth-order valence-corrected chi connectivity index (χ4v) is 3.60. The third kappa shape index (κ3) is 6.55. The van der Waals surface area contributed by atoms with Gasteiger partial charge < -0.3 is 21.1 Å². The quantitative estimate of drug-likeness (QED) is 0.489. The fraction of sp³-hybridized carbons (Fsp3) is 0.304. The van der Waals surface area contributed by atoms with Gasteiger partial charge in [0.15, 0.2) is 0 Å². The van der Waals surface area contributed by atoms with Crippen molar-refractivity contribution in [1.29, 1.82) is 0 Å². The molecule has 2 unspecified atom stereocenters. The van der Waals surface area contributed by atoms with Crippen LogP contribution in [0, 0.1) is 11.7 Å². The van der Waals surface area contributed by atoms with E-state index in [9.17, 15) is 31.9 Å². The lowest BCUT2D eigenvalue weighted by Gasteiger charge is -2.19. The zero-order chi connectivity index (χ0) is 25.8. The second kappa shape index (κ2) is 10.5. The average molecular weight is 494 g/mol. The summed E-state index contributed by atoms with van der Waals surface area (Å²) in [5.74, 6) is -4.54. The van der Waals surface area contributed by atoms with Gasteiger partial charge in [0.25, 0.3) is 5.91 Å². The highest BCUT2D eigenvalue weighted by molar-refractivity contribution is 6.20. The standard InChI is InChI=1S/C23H22F4N4O4/c1-35-16-7-3-6-15-18(12-4-2-5-14(24)10-12)29-20(22(34)30-19(15)16)31-21(33)13(11-17(28)32)8-9-23(25,26)27/h2-7,10,13,20H,8-9,11H2,1H3,(H2,28,32)(H,30,34)(H,31,33). The average Bonchev–Trinajstić information content (AvgIpc) is 2.92. The second-order valence-corrected chi connectivity index (χ2v) is 7.79. The highest BCUT2D eigenvalue weighted by Gasteiger charge is 2.34. The third-order valence-corrected chi connectivity index (χ3v) is 5.23. The number of carbonyl (C=O) groups excluding carboxylic acids is 3. The van der Waals surface area contributed by atoms with Crippen LogP contribution in [0.25, 0.3) is 0 Å². The molecule has 0 radical (unpaired) electrons. The van der Waals surface area contributed by atoms with Gasteiger partial charge in [-0.2, -0.15) is 13.2 Å². The minimum atomic E-state index is -4.56. The Bertz CT molecular complexity index is 1170. The molecule has 1 heterocycles. The predicted molar refractivity (Wildman–Crippen MR) is 118 cm³/mol. The molecule has 0 aromatic heterocycles. The molecule has 0 spiro atoms. The van der Waals surface area contributed by atoms with Crippen molar-refractivity contribution < 1.29 is 36.7 Å². The maximum Gasteiger partial charge on any atom is 0.389 e. The molecular weight excluding hydrogens is 472 g/mol. The van der Waals surface area contributed by atoms with Gasteiger partial charge in [-0.25, -0.2) is 9.38 Å². The number of anilines is 1. The van der Waals surface area contributed by atoms with Crippen molar-refractivity contribution in [2.24, 2.45) is 16.6 Å². The van der Waals surface area contributed by atoms with E-state index in [0.717, 1.165) is 0 Å². The Balaban J connectivity index is 2.00. The number of methoxy groups -OCH3 is 1. The van der Waals surface area contributed by atoms with Crippen molar-refractivity contribution in [3.63, 3.8) is 0 Å². The summed E-state index contributed by atoms with van der Waals surface area (Å²) in [6.07, 6.45) is -8.84. The summed E-state index contributed by atoms with van der Waals surface area (Å²) >= 11 is 0. The van der Waals surface area contributed by atoms with Gasteiger partial charge in [-0.15, -0.1) is 0 Å². The fourth-order valence-electron chi connectivity index (χ4n) is 3.60. The smallest absolute Gasteiger partial charge is 0.389 e. The van der Waals surface area contributed by atoms with Gasteiger partial charge in [-0.05, 0) is 24.6 Å². The summed E-state index contributed by atoms with van der Waals surface area (Å²) in [6.45, 7) is 0. The van der Waals surface area contributed by atoms with E-state index in [1.54, 1.807) is 24.3 Å². The molecule has 0 saturated carbocycles. The van der Waals surface area contributed by atoms with Crippen LogP contribution in [0.5, 0.6) is 5.75 Å². The van der Waals surface area contributed by atoms with Crippen molar-refractivity contribution in [2.75, 3.05) is 12.4 Å². The molecule has 0 aliphatic carbocycles. The molecule has 8 nitrogen and oxygen atoms in total. The van der Waals surface area contributed by atoms with E-state index < -0.39 is 61.1 Å². The van der Waals surface area contributed by atoms with Crippen LogP contribution in [0.3, 0.4) is 0 Å². The van der Waals surface area contributed by atoms with Gasteiger partial charge in [-0.3, -0.25) is 14.4 Å². The number of carbonyl (C=O) groups is 3. The van der Waals surface area contributed by atoms with Gasteiger partial charge in [0, 0.05) is 29.9 Å². The van der Waals surface area contributed by atoms with E-state index in [0.29, 0.717) is 5.56 Å². The zero-order valence-electron chi connectivity index (χ0n) is 18.5. The summed E-state index contributed by atoms with van der Waals surface area (Å²) < 4.78 is 57.4. The van der Waals surface area contributed by atoms with Gasteiger partial charge in [0.2, 0.25) is 18.0 Å². The summed E-state index contributed by atoms with van der Waals surface area (Å²) in [7, 11) is 1.37. The highest BCUT2D eigenvalue weighted by atomic mass is 19.4. The van der Waals surface area contributed by atoms with Crippen molar-refractivity contribution in [1.82, 2.24) is 5.32 Å². The first-order valence-electron chi connectivity index (χ1n) is 10.5. The van der Waals surface area contributed by atoms with E-state index in [1.165, 1.54) is 25.3 Å². The van der Waals surface area contributed by atoms with Crippen molar-refractivity contribution in [3.8, 4) is 5.75 Å². The number of ether oxygens (including phenoxy) is 1. The summed E-state index contributed by atoms with van der Waals surface area (Å²) in [4.78, 5) is 41.4. The molecule has 12 heteroatoms. The molecule has 0 bridgehead atoms. The van der Waals surface area contributed by atoms with Crippen LogP contribution < -0.4 is 21.1 Å². The van der Waals surface area contributed by atoms with Crippen molar-refractivity contribution >= 4 is 29.1 Å². The maximum absolute atomic E-state index is 14.0. The van der Waals surface area contributed by atoms with E-state index in [4.69, 9.17) is 10.5 Å². The number of aliphatic imine (C=N–C) groups is 1. The minimum Gasteiger partial charge on any atom is -0.495 e. The van der Waals surface area contributed by atoms with Gasteiger partial charge >= 0.3 is 6.18 Å². The van der Waals surface area contributed by atoms with Crippen LogP contribution in [-0.2, 0) is 14.4 Å². The molecule has 2 atom stereocenters. The number of alkyl halides is 3. The van der Waals surface area contributed by atoms with Crippen LogP contribution in [0.2, 0.25) is 0 Å². The van der Waals surface area contributed by atoms with Gasteiger partial charge in [0.1, 0.15) is 11.6 Å². The second-order valence-electron chi connectivity index (χ2n) is 7.79. The largest absolute Gasteiger partial charge is 0.495 e. The Morgan fingerprint density at radius 1 is 1.23 bits per heavy atom. The molecule has 3 amide bonds. The molecule has 3 rings (SSSR count). The number of halogens is 4. The van der Waals surface area contributed by atoms with E-state index in [-0.39, 0.29) is 22.7 Å². The van der Waals surface area contributed by atoms with Gasteiger partial charge in [0.05, 0.1) is 18.5 Å². The number of hydrogen-bond donors (Lipinski definition) is 3. The summed E-state index contributed by atoms with van der Waals surface area (Å²) in [5.41, 5.74) is 6.09. The molecule has 1 aliphatic rings. The lowest BCUT2D eigenvalue weighted by atomic mass is 9.97. The molecule has 35 heavy (non-hydrogen) atoms. The summed E-state index contributed by atoms with van der Waals surface area (Å²) in [6, 6.07) is 10.2. The Morgan fingerprint density at radius 2 is 1.94 bits per heavy atom. The van der Waals surface area contributed by atoms with Crippen LogP contribution in [0.4, 0.5) is 23.2 Å². The Kier molecular flexibility index (Phi) is 7.72. The number of benzene rings is 2. The van der Waals surface area contributed by atoms with E-state index in [1.807, 2.05) is 0 Å². The molecule has 1 aliphatic heterocycles. The molecule has 4 N–H and O–H groups in total. The van der Waals surface area contributed by atoms with E-state index in [2.05, 4.69) is 15.6 Å². The van der Waals surface area contributed by atoms with Crippen molar-refractivity contribution in [3.05, 3.63) is 59.4 Å². The van der Waals surface area contributed by atoms with Crippen LogP contribution in [-0.4, -0.2) is 42.9 Å². The number of nitrogens with one attached hydrogen (secondary N) is 2. The molecule has 0 fully saturated rings. The number of benzodiazepines with no additional fused rings is 1. The van der Waals surface area contributed by atoms with Crippen LogP contribution in [0.15, 0.2) is 47.5 Å². The Labute approximate surface area is 197 Å². The Morgan fingerprint density at radius 3 is 2.57 bits per heavy atom. The van der Waals surface area contributed by atoms with Crippen LogP contribution in [0.1, 0.15) is 30.4 Å². The normalized spacial score (nSPS) is 16.3. The summed E-state index contributed by atoms with van der Waals surface area (Å²) in [5, 5.41) is 4.88. The molecule has 186 valence electrons. The first-order chi connectivity index (χ1) is 16.5. The first kappa shape index (κ1) is 25.7. The minimum absolute atomic E-state index is 0.129. The third-order valence-electron chi connectivity index (χ3n) is 5.23. The van der Waals surface area contributed by atoms with E-state index >= 15 is 0 Å². The monoisotopic (exact) mass is 494 g/mol. The van der Waals surface area contributed by atoms with Crippen LogP contribution >= 0.6 is 0 Å². The first-order valence-corrected chi connectivity index (χ1v) is 10.5. The molecule has 2 aromatic rings. The molecular formula is C23H22F4N4O4. The topological polar surface area (TPSA) is 123 Å². The van der Waals surface area contributed by atoms with Crippen molar-refractivity contribution in [2.45, 2.75) is 31.6 Å². The lowest BCUT2D eigenvalue weighted by Crippen LogP contribution is -2.45. The molecule has 2 aromatic carbocycles. The predicted octanol–water partition coefficient (Wildman–Crippen LogP) is 2.90. The number of para-hydroxylation sites is 1. The van der Waals surface area contributed by atoms with Gasteiger partial charge in [-0.1, -0.05) is 24.3 Å². The maximum atomic E-state index is 14.0. The zero-order valence-corrected chi connectivity index (χ0v) is 18.5. The number of rotatable bonds is 8. The number of fused-ring (bicyclic) bond motifs is 1. The highest BCUT2D eigenvalue weighted by Crippen LogP contribution is 2.33. The molecule has 0 saturated heterocycles. The number of hydrogen-bond acceptors (Lipinski definition) is 5. The number of nitrogens with two attached hydrogens (primary N) is 1. The number of nitrogens with zero attached hydrogens (tertiary/aromatic N) is 1.